The number of Topliss-reactive ketones (excluding diaryl/α,β-unsaturated/α-hetero) is 1. The van der Waals surface area contributed by atoms with Gasteiger partial charge >= 0.3 is 0 Å². The molecule has 1 aliphatic carbocycles. The minimum Gasteiger partial charge on any atom is -0.383 e. The van der Waals surface area contributed by atoms with Gasteiger partial charge in [0.25, 0.3) is 0 Å². The number of aliphatic hydroxyl groups is 1. The standard InChI is InChI=1S/C12H17ClN2O2/c1-2-7-15-11(10(13)8-14-15)12(17)5-3-9(16)4-6-12/h8,17H,2-7H2,1H3. The molecule has 94 valence electrons. The lowest BCUT2D eigenvalue weighted by molar-refractivity contribution is -0.126. The number of rotatable bonds is 3. The van der Waals surface area contributed by atoms with Crippen LogP contribution < -0.4 is 0 Å². The van der Waals surface area contributed by atoms with Gasteiger partial charge in [0.15, 0.2) is 0 Å². The van der Waals surface area contributed by atoms with E-state index in [0.717, 1.165) is 13.0 Å². The largest absolute Gasteiger partial charge is 0.383 e. The molecular formula is C12H17ClN2O2. The van der Waals surface area contributed by atoms with Crippen molar-refractivity contribution in [3.63, 3.8) is 0 Å². The van der Waals surface area contributed by atoms with Crippen LogP contribution in [0.1, 0.15) is 44.7 Å². The van der Waals surface area contributed by atoms with Gasteiger partial charge in [0.2, 0.25) is 0 Å². The number of nitrogens with zero attached hydrogens (tertiary/aromatic N) is 2. The Bertz CT molecular complexity index is 418. The molecule has 1 aliphatic rings. The van der Waals surface area contributed by atoms with E-state index in [2.05, 4.69) is 5.10 Å². The van der Waals surface area contributed by atoms with E-state index in [-0.39, 0.29) is 5.78 Å². The highest BCUT2D eigenvalue weighted by Gasteiger charge is 2.38. The van der Waals surface area contributed by atoms with E-state index in [1.54, 1.807) is 10.9 Å². The van der Waals surface area contributed by atoms with Gasteiger partial charge in [-0.05, 0) is 19.3 Å². The van der Waals surface area contributed by atoms with E-state index in [0.29, 0.717) is 36.4 Å². The molecule has 1 fully saturated rings. The molecule has 5 heteroatoms. The number of carbonyl (C=O) groups is 1. The number of ketones is 1. The van der Waals surface area contributed by atoms with Crippen LogP contribution in [0.2, 0.25) is 5.02 Å². The predicted octanol–water partition coefficient (Wildman–Crippen LogP) is 2.28. The third-order valence-corrected chi connectivity index (χ3v) is 3.58. The second kappa shape index (κ2) is 4.78. The minimum atomic E-state index is -0.989. The van der Waals surface area contributed by atoms with Crippen LogP contribution in [-0.4, -0.2) is 20.7 Å². The van der Waals surface area contributed by atoms with E-state index in [1.165, 1.54) is 0 Å². The lowest BCUT2D eigenvalue weighted by Gasteiger charge is -2.32. The van der Waals surface area contributed by atoms with Crippen molar-refractivity contribution in [2.24, 2.45) is 0 Å². The van der Waals surface area contributed by atoms with Gasteiger partial charge in [-0.2, -0.15) is 5.10 Å². The molecule has 4 nitrogen and oxygen atoms in total. The first-order valence-corrected chi connectivity index (χ1v) is 6.40. The zero-order chi connectivity index (χ0) is 12.5. The Kier molecular flexibility index (Phi) is 3.54. The molecule has 1 N–H and O–H groups in total. The van der Waals surface area contributed by atoms with Gasteiger partial charge in [-0.1, -0.05) is 18.5 Å². The molecule has 0 unspecified atom stereocenters. The zero-order valence-electron chi connectivity index (χ0n) is 9.95. The summed E-state index contributed by atoms with van der Waals surface area (Å²) in [5, 5.41) is 15.3. The number of aromatic nitrogens is 2. The van der Waals surface area contributed by atoms with Crippen molar-refractivity contribution in [3.05, 3.63) is 16.9 Å². The van der Waals surface area contributed by atoms with Crippen LogP contribution in [0, 0.1) is 0 Å². The van der Waals surface area contributed by atoms with Gasteiger partial charge < -0.3 is 5.11 Å². The summed E-state index contributed by atoms with van der Waals surface area (Å²) in [7, 11) is 0. The summed E-state index contributed by atoms with van der Waals surface area (Å²) in [5.41, 5.74) is -0.315. The molecule has 0 aliphatic heterocycles. The Labute approximate surface area is 106 Å². The van der Waals surface area contributed by atoms with Crippen molar-refractivity contribution in [2.45, 2.75) is 51.2 Å². The molecule has 0 bridgehead atoms. The van der Waals surface area contributed by atoms with Gasteiger partial charge in [-0.25, -0.2) is 0 Å². The van der Waals surface area contributed by atoms with Gasteiger partial charge in [-0.15, -0.1) is 0 Å². The molecular weight excluding hydrogens is 240 g/mol. The molecule has 0 aromatic carbocycles. The van der Waals surface area contributed by atoms with Crippen LogP contribution in [-0.2, 0) is 16.9 Å². The van der Waals surface area contributed by atoms with Crippen molar-refractivity contribution in [3.8, 4) is 0 Å². The quantitative estimate of drug-likeness (QED) is 0.903. The molecule has 0 atom stereocenters. The summed E-state index contributed by atoms with van der Waals surface area (Å²) in [4.78, 5) is 11.2. The first-order valence-electron chi connectivity index (χ1n) is 6.02. The van der Waals surface area contributed by atoms with Gasteiger partial charge in [0.1, 0.15) is 11.4 Å². The predicted molar refractivity (Wildman–Crippen MR) is 64.9 cm³/mol. The van der Waals surface area contributed by atoms with Crippen LogP contribution in [0.5, 0.6) is 0 Å². The van der Waals surface area contributed by atoms with E-state index in [4.69, 9.17) is 11.6 Å². The van der Waals surface area contributed by atoms with Crippen LogP contribution in [0.15, 0.2) is 6.20 Å². The first kappa shape index (κ1) is 12.6. The fourth-order valence-electron chi connectivity index (χ4n) is 2.39. The fourth-order valence-corrected chi connectivity index (χ4v) is 2.70. The van der Waals surface area contributed by atoms with Gasteiger partial charge in [0, 0.05) is 19.4 Å². The molecule has 1 heterocycles. The second-order valence-corrected chi connectivity index (χ2v) is 5.04. The van der Waals surface area contributed by atoms with Crippen molar-refractivity contribution in [1.82, 2.24) is 9.78 Å². The van der Waals surface area contributed by atoms with Crippen molar-refractivity contribution in [1.29, 1.82) is 0 Å². The molecule has 0 spiro atoms. The lowest BCUT2D eigenvalue weighted by atomic mass is 9.82. The summed E-state index contributed by atoms with van der Waals surface area (Å²) >= 11 is 6.11. The third kappa shape index (κ3) is 2.38. The summed E-state index contributed by atoms with van der Waals surface area (Å²) in [6.07, 6.45) is 4.23. The average molecular weight is 257 g/mol. The molecule has 1 aromatic heterocycles. The number of carbonyl (C=O) groups excluding carboxylic acids is 1. The highest BCUT2D eigenvalue weighted by molar-refractivity contribution is 6.31. The molecule has 2 rings (SSSR count). The Balaban J connectivity index is 2.31. The maximum absolute atomic E-state index is 11.2. The molecule has 0 amide bonds. The Morgan fingerprint density at radius 3 is 2.76 bits per heavy atom. The fraction of sp³-hybridized carbons (Fsp3) is 0.667. The molecule has 1 saturated carbocycles. The number of halogens is 1. The smallest absolute Gasteiger partial charge is 0.133 e. The highest BCUT2D eigenvalue weighted by Crippen LogP contribution is 2.39. The van der Waals surface area contributed by atoms with Crippen molar-refractivity contribution >= 4 is 17.4 Å². The van der Waals surface area contributed by atoms with Gasteiger partial charge in [0.05, 0.1) is 16.9 Å². The topological polar surface area (TPSA) is 55.1 Å². The SMILES string of the molecule is CCCn1ncc(Cl)c1C1(O)CCC(=O)CC1. The Morgan fingerprint density at radius 2 is 2.18 bits per heavy atom. The van der Waals surface area contributed by atoms with Crippen LogP contribution >= 0.6 is 11.6 Å². The average Bonchev–Trinajstić information content (AvgIpc) is 2.66. The summed E-state index contributed by atoms with van der Waals surface area (Å²) < 4.78 is 1.76. The summed E-state index contributed by atoms with van der Waals surface area (Å²) in [6.45, 7) is 2.78. The van der Waals surface area contributed by atoms with Crippen molar-refractivity contribution < 1.29 is 9.90 Å². The van der Waals surface area contributed by atoms with E-state index in [9.17, 15) is 9.90 Å². The summed E-state index contributed by atoms with van der Waals surface area (Å²) in [5.74, 6) is 0.215. The summed E-state index contributed by atoms with van der Waals surface area (Å²) in [6, 6.07) is 0. The first-order chi connectivity index (χ1) is 8.07. The number of hydrogen-bond donors (Lipinski definition) is 1. The lowest BCUT2D eigenvalue weighted by Crippen LogP contribution is -2.34. The van der Waals surface area contributed by atoms with Crippen LogP contribution in [0.3, 0.4) is 0 Å². The second-order valence-electron chi connectivity index (χ2n) is 4.63. The third-order valence-electron chi connectivity index (χ3n) is 3.31. The zero-order valence-corrected chi connectivity index (χ0v) is 10.7. The van der Waals surface area contributed by atoms with Gasteiger partial charge in [-0.3, -0.25) is 9.48 Å². The van der Waals surface area contributed by atoms with E-state index in [1.807, 2.05) is 6.92 Å². The number of aryl methyl sites for hydroxylation is 1. The molecule has 0 saturated heterocycles. The van der Waals surface area contributed by atoms with Crippen LogP contribution in [0.25, 0.3) is 0 Å². The van der Waals surface area contributed by atoms with Crippen LogP contribution in [0.4, 0.5) is 0 Å². The Morgan fingerprint density at radius 1 is 1.53 bits per heavy atom. The Hall–Kier alpha value is -0.870. The molecule has 0 radical (unpaired) electrons. The maximum atomic E-state index is 11.2. The maximum Gasteiger partial charge on any atom is 0.133 e. The van der Waals surface area contributed by atoms with E-state index >= 15 is 0 Å². The van der Waals surface area contributed by atoms with E-state index < -0.39 is 5.60 Å². The highest BCUT2D eigenvalue weighted by atomic mass is 35.5. The normalized spacial score (nSPS) is 19.6. The number of hydrogen-bond acceptors (Lipinski definition) is 3. The molecule has 17 heavy (non-hydrogen) atoms. The minimum absolute atomic E-state index is 0.215. The molecule has 1 aromatic rings. The van der Waals surface area contributed by atoms with Crippen molar-refractivity contribution in [2.75, 3.05) is 0 Å². The monoisotopic (exact) mass is 256 g/mol.